The van der Waals surface area contributed by atoms with Crippen LogP contribution in [0.15, 0.2) is 24.3 Å². The summed E-state index contributed by atoms with van der Waals surface area (Å²) in [4.78, 5) is 16.4. The van der Waals surface area contributed by atoms with Crippen LogP contribution in [0.3, 0.4) is 0 Å². The van der Waals surface area contributed by atoms with Gasteiger partial charge in [-0.25, -0.2) is 0 Å². The summed E-state index contributed by atoms with van der Waals surface area (Å²) in [5, 5.41) is 10.0. The SMILES string of the molecule is Cc1[nH]c2ccccc2c1CN1CC(CC(=O)O)C1. The number of carbonyl (C=O) groups is 1. The predicted octanol–water partition coefficient (Wildman–Crippen LogP) is 2.38. The summed E-state index contributed by atoms with van der Waals surface area (Å²) in [6.45, 7) is 4.80. The molecular formula is C15H18N2O2. The number of nitrogens with one attached hydrogen (secondary N) is 1. The molecule has 0 atom stereocenters. The maximum atomic E-state index is 10.6. The van der Waals surface area contributed by atoms with Crippen molar-refractivity contribution in [2.75, 3.05) is 13.1 Å². The molecule has 4 nitrogen and oxygen atoms in total. The number of carboxylic acid groups (broad SMARTS) is 1. The minimum absolute atomic E-state index is 0.295. The van der Waals surface area contributed by atoms with E-state index in [0.29, 0.717) is 12.3 Å². The van der Waals surface area contributed by atoms with E-state index in [0.717, 1.165) is 19.6 Å². The highest BCUT2D eigenvalue weighted by Gasteiger charge is 2.29. The number of hydrogen-bond acceptors (Lipinski definition) is 2. The average Bonchev–Trinajstić information content (AvgIpc) is 2.62. The number of aromatic nitrogens is 1. The first-order chi connectivity index (χ1) is 9.13. The van der Waals surface area contributed by atoms with Crippen LogP contribution in [0.25, 0.3) is 10.9 Å². The Morgan fingerprint density at radius 2 is 2.16 bits per heavy atom. The van der Waals surface area contributed by atoms with E-state index in [4.69, 9.17) is 5.11 Å². The molecule has 0 amide bonds. The van der Waals surface area contributed by atoms with Crippen LogP contribution in [-0.4, -0.2) is 34.0 Å². The van der Waals surface area contributed by atoms with Crippen molar-refractivity contribution in [3.8, 4) is 0 Å². The topological polar surface area (TPSA) is 56.3 Å². The Balaban J connectivity index is 1.70. The van der Waals surface area contributed by atoms with Gasteiger partial charge in [-0.3, -0.25) is 9.69 Å². The number of aryl methyl sites for hydroxylation is 1. The predicted molar refractivity (Wildman–Crippen MR) is 74.1 cm³/mol. The first-order valence-corrected chi connectivity index (χ1v) is 6.64. The van der Waals surface area contributed by atoms with Crippen molar-refractivity contribution in [2.45, 2.75) is 19.9 Å². The molecule has 0 unspecified atom stereocenters. The summed E-state index contributed by atoms with van der Waals surface area (Å²) in [5.74, 6) is -0.365. The largest absolute Gasteiger partial charge is 0.481 e. The zero-order valence-electron chi connectivity index (χ0n) is 11.0. The molecule has 0 saturated carbocycles. The lowest BCUT2D eigenvalue weighted by Gasteiger charge is -2.38. The number of para-hydroxylation sites is 1. The fourth-order valence-corrected chi connectivity index (χ4v) is 2.94. The zero-order valence-corrected chi connectivity index (χ0v) is 11.0. The summed E-state index contributed by atoms with van der Waals surface area (Å²) in [6, 6.07) is 8.33. The third-order valence-electron chi connectivity index (χ3n) is 3.90. The van der Waals surface area contributed by atoms with Gasteiger partial charge in [0.2, 0.25) is 0 Å². The fraction of sp³-hybridized carbons (Fsp3) is 0.400. The molecule has 1 aliphatic rings. The van der Waals surface area contributed by atoms with Crippen LogP contribution in [0, 0.1) is 12.8 Å². The van der Waals surface area contributed by atoms with E-state index in [1.165, 1.54) is 22.2 Å². The van der Waals surface area contributed by atoms with Crippen LogP contribution in [0.1, 0.15) is 17.7 Å². The number of hydrogen-bond donors (Lipinski definition) is 2. The average molecular weight is 258 g/mol. The number of H-pyrrole nitrogens is 1. The van der Waals surface area contributed by atoms with E-state index in [1.54, 1.807) is 0 Å². The van der Waals surface area contributed by atoms with E-state index in [9.17, 15) is 4.79 Å². The smallest absolute Gasteiger partial charge is 0.303 e. The Morgan fingerprint density at radius 1 is 1.42 bits per heavy atom. The second-order valence-electron chi connectivity index (χ2n) is 5.43. The van der Waals surface area contributed by atoms with Gasteiger partial charge in [0.05, 0.1) is 6.42 Å². The number of carboxylic acids is 1. The third-order valence-corrected chi connectivity index (χ3v) is 3.90. The summed E-state index contributed by atoms with van der Waals surface area (Å²) in [5.41, 5.74) is 3.73. The van der Waals surface area contributed by atoms with Gasteiger partial charge in [-0.1, -0.05) is 18.2 Å². The van der Waals surface area contributed by atoms with Crippen LogP contribution >= 0.6 is 0 Å². The van der Waals surface area contributed by atoms with Crippen molar-refractivity contribution in [1.82, 2.24) is 9.88 Å². The van der Waals surface area contributed by atoms with Gasteiger partial charge in [-0.2, -0.15) is 0 Å². The molecule has 2 aromatic rings. The molecule has 0 radical (unpaired) electrons. The molecule has 1 fully saturated rings. The Hall–Kier alpha value is -1.81. The molecule has 1 aliphatic heterocycles. The number of likely N-dealkylation sites (tertiary alicyclic amines) is 1. The standard InChI is InChI=1S/C15H18N2O2/c1-10-13(12-4-2-3-5-14(12)16-10)9-17-7-11(8-17)6-15(18)19/h2-5,11,16H,6-9H2,1H3,(H,18,19). The molecular weight excluding hydrogens is 240 g/mol. The molecule has 100 valence electrons. The summed E-state index contributed by atoms with van der Waals surface area (Å²) >= 11 is 0. The van der Waals surface area contributed by atoms with Gasteiger partial charge < -0.3 is 10.1 Å². The van der Waals surface area contributed by atoms with E-state index < -0.39 is 5.97 Å². The van der Waals surface area contributed by atoms with Crippen LogP contribution in [-0.2, 0) is 11.3 Å². The molecule has 1 aromatic carbocycles. The molecule has 1 aromatic heterocycles. The Bertz CT molecular complexity index is 612. The second kappa shape index (κ2) is 4.70. The first-order valence-electron chi connectivity index (χ1n) is 6.64. The molecule has 0 spiro atoms. The van der Waals surface area contributed by atoms with E-state index in [-0.39, 0.29) is 0 Å². The molecule has 3 rings (SSSR count). The van der Waals surface area contributed by atoms with Crippen LogP contribution < -0.4 is 0 Å². The normalized spacial score (nSPS) is 16.7. The number of fused-ring (bicyclic) bond motifs is 1. The lowest BCUT2D eigenvalue weighted by atomic mass is 9.95. The molecule has 1 saturated heterocycles. The van der Waals surface area contributed by atoms with Crippen molar-refractivity contribution in [1.29, 1.82) is 0 Å². The minimum atomic E-state index is -0.687. The maximum absolute atomic E-state index is 10.6. The van der Waals surface area contributed by atoms with Crippen molar-refractivity contribution >= 4 is 16.9 Å². The zero-order chi connectivity index (χ0) is 13.4. The van der Waals surface area contributed by atoms with Gasteiger partial charge >= 0.3 is 5.97 Å². The van der Waals surface area contributed by atoms with E-state index in [1.807, 2.05) is 6.07 Å². The van der Waals surface area contributed by atoms with Crippen LogP contribution in [0.2, 0.25) is 0 Å². The highest BCUT2D eigenvalue weighted by Crippen LogP contribution is 2.27. The summed E-state index contributed by atoms with van der Waals surface area (Å²) in [6.07, 6.45) is 0.295. The molecule has 0 bridgehead atoms. The number of aliphatic carboxylic acids is 1. The molecule has 0 aliphatic carbocycles. The second-order valence-corrected chi connectivity index (χ2v) is 5.43. The quantitative estimate of drug-likeness (QED) is 0.885. The number of benzene rings is 1. The van der Waals surface area contributed by atoms with Crippen molar-refractivity contribution in [3.05, 3.63) is 35.5 Å². The molecule has 2 N–H and O–H groups in total. The Morgan fingerprint density at radius 3 is 2.89 bits per heavy atom. The summed E-state index contributed by atoms with van der Waals surface area (Å²) < 4.78 is 0. The van der Waals surface area contributed by atoms with Gasteiger partial charge in [0, 0.05) is 36.2 Å². The fourth-order valence-electron chi connectivity index (χ4n) is 2.94. The highest BCUT2D eigenvalue weighted by molar-refractivity contribution is 5.84. The molecule has 4 heteroatoms. The van der Waals surface area contributed by atoms with Gasteiger partial charge in [-0.15, -0.1) is 0 Å². The Labute approximate surface area is 112 Å². The van der Waals surface area contributed by atoms with E-state index >= 15 is 0 Å². The van der Waals surface area contributed by atoms with Crippen molar-refractivity contribution in [3.63, 3.8) is 0 Å². The van der Waals surface area contributed by atoms with Gasteiger partial charge in [0.25, 0.3) is 0 Å². The number of aromatic amines is 1. The highest BCUT2D eigenvalue weighted by atomic mass is 16.4. The van der Waals surface area contributed by atoms with Crippen LogP contribution in [0.5, 0.6) is 0 Å². The first kappa shape index (κ1) is 12.2. The Kier molecular flexibility index (Phi) is 3.03. The van der Waals surface area contributed by atoms with E-state index in [2.05, 4.69) is 35.0 Å². The third kappa shape index (κ3) is 2.36. The van der Waals surface area contributed by atoms with Crippen LogP contribution in [0.4, 0.5) is 0 Å². The molecule has 19 heavy (non-hydrogen) atoms. The number of rotatable bonds is 4. The monoisotopic (exact) mass is 258 g/mol. The van der Waals surface area contributed by atoms with Gasteiger partial charge in [0.15, 0.2) is 0 Å². The van der Waals surface area contributed by atoms with Crippen molar-refractivity contribution in [2.24, 2.45) is 5.92 Å². The lowest BCUT2D eigenvalue weighted by molar-refractivity contribution is -0.139. The number of nitrogens with zero attached hydrogens (tertiary/aromatic N) is 1. The summed E-state index contributed by atoms with van der Waals surface area (Å²) in [7, 11) is 0. The van der Waals surface area contributed by atoms with Gasteiger partial charge in [0.1, 0.15) is 0 Å². The minimum Gasteiger partial charge on any atom is -0.481 e. The van der Waals surface area contributed by atoms with Crippen molar-refractivity contribution < 1.29 is 9.90 Å². The molecule has 2 heterocycles. The van der Waals surface area contributed by atoms with Gasteiger partial charge in [-0.05, 0) is 24.5 Å². The lowest BCUT2D eigenvalue weighted by Crippen LogP contribution is -2.46. The maximum Gasteiger partial charge on any atom is 0.303 e.